The molecule has 0 fully saturated rings. The largest absolute Gasteiger partial charge is 0.430 e. The second-order valence-corrected chi connectivity index (χ2v) is 7.37. The third-order valence-corrected chi connectivity index (χ3v) is 6.14. The van der Waals surface area contributed by atoms with Gasteiger partial charge in [-0.05, 0) is 34.8 Å². The van der Waals surface area contributed by atoms with E-state index in [1.807, 2.05) is 17.1 Å². The SMILES string of the molecule is CC1=C(C(C)(C)C)SS2=C1C=CO2. The average Bonchev–Trinajstić information content (AvgIpc) is 2.51. The summed E-state index contributed by atoms with van der Waals surface area (Å²) in [5, 5.41) is 0. The Morgan fingerprint density at radius 3 is 2.62 bits per heavy atom. The monoisotopic (exact) mass is 214 g/mol. The highest BCUT2D eigenvalue weighted by Crippen LogP contribution is 2.55. The third-order valence-electron chi connectivity index (χ3n) is 2.09. The van der Waals surface area contributed by atoms with Crippen molar-refractivity contribution in [3.05, 3.63) is 22.8 Å². The van der Waals surface area contributed by atoms with Crippen molar-refractivity contribution < 1.29 is 4.18 Å². The summed E-state index contributed by atoms with van der Waals surface area (Å²) in [4.78, 5) is 2.87. The smallest absolute Gasteiger partial charge is 0.103 e. The molecule has 0 N–H and O–H groups in total. The predicted octanol–water partition coefficient (Wildman–Crippen LogP) is 3.87. The second-order valence-electron chi connectivity index (χ2n) is 4.29. The molecule has 0 aromatic heterocycles. The maximum Gasteiger partial charge on any atom is 0.103 e. The van der Waals surface area contributed by atoms with E-state index < -0.39 is 0 Å². The molecule has 1 nitrogen and oxygen atoms in total. The highest BCUT2D eigenvalue weighted by atomic mass is 33.1. The summed E-state index contributed by atoms with van der Waals surface area (Å²) in [6.07, 6.45) is 3.92. The van der Waals surface area contributed by atoms with Gasteiger partial charge in [-0.3, -0.25) is 0 Å². The first-order valence-electron chi connectivity index (χ1n) is 4.35. The molecule has 2 heterocycles. The molecule has 0 amide bonds. The first-order chi connectivity index (χ1) is 6.00. The van der Waals surface area contributed by atoms with Crippen LogP contribution in [0.3, 0.4) is 0 Å². The third kappa shape index (κ3) is 1.48. The molecule has 1 atom stereocenters. The molecular weight excluding hydrogens is 200 g/mol. The summed E-state index contributed by atoms with van der Waals surface area (Å²) < 4.78 is 5.50. The Bertz CT molecular complexity index is 342. The fourth-order valence-corrected chi connectivity index (χ4v) is 5.75. The van der Waals surface area contributed by atoms with Crippen LogP contribution in [0.25, 0.3) is 0 Å². The van der Waals surface area contributed by atoms with Gasteiger partial charge in [-0.1, -0.05) is 20.8 Å². The first-order valence-corrected chi connectivity index (χ1v) is 6.83. The minimum absolute atomic E-state index is 0.0264. The fourth-order valence-electron chi connectivity index (χ4n) is 1.50. The van der Waals surface area contributed by atoms with Crippen LogP contribution < -0.4 is 0 Å². The Morgan fingerprint density at radius 1 is 1.38 bits per heavy atom. The molecule has 0 bridgehead atoms. The van der Waals surface area contributed by atoms with Crippen molar-refractivity contribution in [1.29, 1.82) is 0 Å². The van der Waals surface area contributed by atoms with Crippen LogP contribution >= 0.6 is 20.6 Å². The molecule has 2 rings (SSSR count). The van der Waals surface area contributed by atoms with Gasteiger partial charge in [0.1, 0.15) is 6.26 Å². The van der Waals surface area contributed by atoms with Gasteiger partial charge in [-0.15, -0.1) is 0 Å². The molecule has 2 aliphatic rings. The standard InChI is InChI=1S/C10H14OS2/c1-7-8-5-6-11-13(8)12-9(7)10(2,3)4/h5-6H,1-4H3. The van der Waals surface area contributed by atoms with Crippen molar-refractivity contribution in [2.45, 2.75) is 27.7 Å². The summed E-state index contributed by atoms with van der Waals surface area (Å²) in [6, 6.07) is 0. The molecule has 0 aromatic rings. The van der Waals surface area contributed by atoms with E-state index in [0.29, 0.717) is 0 Å². The molecule has 0 spiro atoms. The number of rotatable bonds is 0. The molecule has 0 aromatic carbocycles. The van der Waals surface area contributed by atoms with Crippen LogP contribution in [0.15, 0.2) is 22.8 Å². The minimum Gasteiger partial charge on any atom is -0.430 e. The quantitative estimate of drug-likeness (QED) is 0.447. The van der Waals surface area contributed by atoms with Crippen LogP contribution in [0.2, 0.25) is 0 Å². The predicted molar refractivity (Wildman–Crippen MR) is 62.6 cm³/mol. The summed E-state index contributed by atoms with van der Waals surface area (Å²) in [6.45, 7) is 8.98. The fraction of sp³-hybridized carbons (Fsp3) is 0.500. The van der Waals surface area contributed by atoms with Crippen LogP contribution in [0.4, 0.5) is 0 Å². The van der Waals surface area contributed by atoms with Crippen molar-refractivity contribution in [3.8, 4) is 0 Å². The molecule has 0 saturated heterocycles. The van der Waals surface area contributed by atoms with Crippen molar-refractivity contribution in [2.24, 2.45) is 5.41 Å². The van der Waals surface area contributed by atoms with Crippen LogP contribution in [-0.2, 0) is 4.18 Å². The van der Waals surface area contributed by atoms with Gasteiger partial charge in [0, 0.05) is 4.91 Å². The van der Waals surface area contributed by atoms with E-state index in [2.05, 4.69) is 33.8 Å². The first kappa shape index (κ1) is 9.41. The molecule has 0 aliphatic carbocycles. The van der Waals surface area contributed by atoms with Crippen molar-refractivity contribution in [1.82, 2.24) is 0 Å². The molecule has 3 heteroatoms. The van der Waals surface area contributed by atoms with Gasteiger partial charge in [-0.25, -0.2) is 0 Å². The Kier molecular flexibility index (Phi) is 2.11. The topological polar surface area (TPSA) is 9.23 Å². The Labute approximate surface area is 85.8 Å². The highest BCUT2D eigenvalue weighted by Gasteiger charge is 2.31. The maximum atomic E-state index is 5.50. The van der Waals surface area contributed by atoms with E-state index in [9.17, 15) is 0 Å². The van der Waals surface area contributed by atoms with E-state index in [-0.39, 0.29) is 15.2 Å². The van der Waals surface area contributed by atoms with E-state index in [4.69, 9.17) is 4.18 Å². The second kappa shape index (κ2) is 2.92. The molecule has 1 unspecified atom stereocenters. The van der Waals surface area contributed by atoms with Gasteiger partial charge in [0.25, 0.3) is 0 Å². The van der Waals surface area contributed by atoms with Crippen molar-refractivity contribution in [2.75, 3.05) is 0 Å². The zero-order chi connectivity index (χ0) is 9.64. The summed E-state index contributed by atoms with van der Waals surface area (Å²) in [5.74, 6) is 0. The lowest BCUT2D eigenvalue weighted by Crippen LogP contribution is -2.08. The Balaban J connectivity index is 2.38. The van der Waals surface area contributed by atoms with E-state index in [0.717, 1.165) is 0 Å². The van der Waals surface area contributed by atoms with Crippen molar-refractivity contribution >= 4 is 25.5 Å². The maximum absolute atomic E-state index is 5.50. The van der Waals surface area contributed by atoms with Crippen LogP contribution in [0, 0.1) is 5.41 Å². The molecular formula is C10H14OS2. The van der Waals surface area contributed by atoms with Gasteiger partial charge in [0.15, 0.2) is 0 Å². The summed E-state index contributed by atoms with van der Waals surface area (Å²) in [7, 11) is 1.86. The zero-order valence-corrected chi connectivity index (χ0v) is 10.0. The summed E-state index contributed by atoms with van der Waals surface area (Å²) in [5.41, 5.74) is 1.69. The summed E-state index contributed by atoms with van der Waals surface area (Å²) >= 11 is 0. The van der Waals surface area contributed by atoms with Crippen LogP contribution in [0.5, 0.6) is 0 Å². The number of hydrogen-bond donors (Lipinski definition) is 0. The van der Waals surface area contributed by atoms with Gasteiger partial charge in [0.05, 0.1) is 14.7 Å². The minimum atomic E-state index is -0.0264. The van der Waals surface area contributed by atoms with Crippen molar-refractivity contribution in [3.63, 3.8) is 0 Å². The molecule has 2 aliphatic heterocycles. The normalized spacial score (nSPS) is 26.8. The Hall–Kier alpha value is -0.150. The Morgan fingerprint density at radius 2 is 2.08 bits per heavy atom. The van der Waals surface area contributed by atoms with E-state index in [1.54, 1.807) is 0 Å². The lowest BCUT2D eigenvalue weighted by atomic mass is 9.92. The van der Waals surface area contributed by atoms with Crippen LogP contribution in [-0.4, -0.2) is 4.86 Å². The molecule has 13 heavy (non-hydrogen) atoms. The van der Waals surface area contributed by atoms with Gasteiger partial charge in [0.2, 0.25) is 0 Å². The number of allylic oxidation sites excluding steroid dienone is 3. The van der Waals surface area contributed by atoms with Crippen LogP contribution in [0.1, 0.15) is 27.7 Å². The molecule has 0 saturated carbocycles. The molecule has 72 valence electrons. The lowest BCUT2D eigenvalue weighted by molar-refractivity contribution is 0.531. The van der Waals surface area contributed by atoms with Gasteiger partial charge < -0.3 is 4.18 Å². The lowest BCUT2D eigenvalue weighted by Gasteiger charge is -2.21. The zero-order valence-electron chi connectivity index (χ0n) is 8.38. The molecule has 0 radical (unpaired) electrons. The average molecular weight is 214 g/mol. The van der Waals surface area contributed by atoms with Gasteiger partial charge >= 0.3 is 0 Å². The van der Waals surface area contributed by atoms with Gasteiger partial charge in [-0.2, -0.15) is 0 Å². The van der Waals surface area contributed by atoms with E-state index in [1.165, 1.54) is 15.3 Å². The van der Waals surface area contributed by atoms with E-state index >= 15 is 0 Å². The number of hydrogen-bond acceptors (Lipinski definition) is 2. The highest BCUT2D eigenvalue weighted by molar-refractivity contribution is 8.84.